The van der Waals surface area contributed by atoms with Gasteiger partial charge >= 0.3 is 0 Å². The molecule has 27 heavy (non-hydrogen) atoms. The van der Waals surface area contributed by atoms with Gasteiger partial charge in [-0.3, -0.25) is 4.79 Å². The van der Waals surface area contributed by atoms with E-state index in [0.717, 1.165) is 0 Å². The van der Waals surface area contributed by atoms with Crippen LogP contribution >= 0.6 is 0 Å². The van der Waals surface area contributed by atoms with E-state index >= 15 is 0 Å². The SMILES string of the molecule is CC(O[Si](c1ccccc1)(c1ccccc1)C(C)(C)C)C(=O)C[C@@H](C)CO. The smallest absolute Gasteiger partial charge is 0.262 e. The summed E-state index contributed by atoms with van der Waals surface area (Å²) in [6.07, 6.45) is -0.194. The van der Waals surface area contributed by atoms with Crippen molar-refractivity contribution in [1.29, 1.82) is 0 Å². The topological polar surface area (TPSA) is 46.5 Å². The Hall–Kier alpha value is -1.75. The Morgan fingerprint density at radius 1 is 0.963 bits per heavy atom. The molecular formula is C23H32O3Si. The third-order valence-electron chi connectivity index (χ3n) is 5.09. The predicted molar refractivity (Wildman–Crippen MR) is 114 cm³/mol. The van der Waals surface area contributed by atoms with Gasteiger partial charge in [0.15, 0.2) is 5.78 Å². The minimum Gasteiger partial charge on any atom is -0.398 e. The molecule has 0 aliphatic heterocycles. The molecule has 2 aromatic carbocycles. The molecule has 0 saturated heterocycles. The summed E-state index contributed by atoms with van der Waals surface area (Å²) in [5.74, 6) is -0.00718. The van der Waals surface area contributed by atoms with E-state index in [4.69, 9.17) is 4.43 Å². The molecule has 1 unspecified atom stereocenters. The van der Waals surface area contributed by atoms with E-state index in [1.165, 1.54) is 10.4 Å². The maximum absolute atomic E-state index is 12.8. The summed E-state index contributed by atoms with van der Waals surface area (Å²) in [5.41, 5.74) is 0. The molecule has 4 heteroatoms. The van der Waals surface area contributed by atoms with E-state index in [0.29, 0.717) is 6.42 Å². The second kappa shape index (κ2) is 8.96. The van der Waals surface area contributed by atoms with Crippen molar-refractivity contribution in [3.8, 4) is 0 Å². The zero-order valence-corrected chi connectivity index (χ0v) is 18.1. The molecule has 0 bridgehead atoms. The molecular weight excluding hydrogens is 352 g/mol. The highest BCUT2D eigenvalue weighted by atomic mass is 28.4. The highest BCUT2D eigenvalue weighted by Crippen LogP contribution is 2.37. The lowest BCUT2D eigenvalue weighted by Gasteiger charge is -2.44. The van der Waals surface area contributed by atoms with E-state index in [2.05, 4.69) is 45.0 Å². The number of Topliss-reactive ketones (excluding diaryl/α,β-unsaturated/α-hetero) is 1. The van der Waals surface area contributed by atoms with Gasteiger partial charge in [-0.15, -0.1) is 0 Å². The van der Waals surface area contributed by atoms with Crippen LogP contribution in [0.25, 0.3) is 0 Å². The van der Waals surface area contributed by atoms with Gasteiger partial charge in [-0.2, -0.15) is 0 Å². The van der Waals surface area contributed by atoms with Crippen LogP contribution in [-0.2, 0) is 9.22 Å². The van der Waals surface area contributed by atoms with Crippen LogP contribution in [0, 0.1) is 5.92 Å². The van der Waals surface area contributed by atoms with Crippen LogP contribution < -0.4 is 10.4 Å². The normalized spacial score (nSPS) is 14.6. The second-order valence-electron chi connectivity index (χ2n) is 8.38. The third kappa shape index (κ3) is 4.75. The Balaban J connectivity index is 2.54. The average molecular weight is 385 g/mol. The van der Waals surface area contributed by atoms with Crippen molar-refractivity contribution in [3.63, 3.8) is 0 Å². The molecule has 0 amide bonds. The zero-order chi connectivity index (χ0) is 20.1. The molecule has 1 N–H and O–H groups in total. The van der Waals surface area contributed by atoms with Gasteiger partial charge in [-0.1, -0.05) is 88.4 Å². The van der Waals surface area contributed by atoms with Crippen molar-refractivity contribution in [1.82, 2.24) is 0 Å². The van der Waals surface area contributed by atoms with Crippen LogP contribution in [0.4, 0.5) is 0 Å². The fraction of sp³-hybridized carbons (Fsp3) is 0.435. The van der Waals surface area contributed by atoms with Crippen LogP contribution in [0.1, 0.15) is 41.0 Å². The summed E-state index contributed by atoms with van der Waals surface area (Å²) >= 11 is 0. The van der Waals surface area contributed by atoms with Gasteiger partial charge in [-0.05, 0) is 28.3 Å². The quantitative estimate of drug-likeness (QED) is 0.708. The molecule has 0 radical (unpaired) electrons. The van der Waals surface area contributed by atoms with E-state index in [1.54, 1.807) is 0 Å². The first kappa shape index (κ1) is 21.5. The second-order valence-corrected chi connectivity index (χ2v) is 12.6. The number of aliphatic hydroxyl groups excluding tert-OH is 1. The summed E-state index contributed by atoms with van der Waals surface area (Å²) in [6.45, 7) is 10.4. The summed E-state index contributed by atoms with van der Waals surface area (Å²) in [6, 6.07) is 20.7. The molecule has 2 aromatic rings. The van der Waals surface area contributed by atoms with E-state index in [1.807, 2.05) is 50.2 Å². The van der Waals surface area contributed by atoms with Gasteiger partial charge in [0.25, 0.3) is 8.32 Å². The first-order valence-corrected chi connectivity index (χ1v) is 11.6. The molecule has 2 atom stereocenters. The lowest BCUT2D eigenvalue weighted by atomic mass is 10.0. The van der Waals surface area contributed by atoms with Crippen LogP contribution in [0.15, 0.2) is 60.7 Å². The van der Waals surface area contributed by atoms with Gasteiger partial charge in [0.1, 0.15) is 6.10 Å². The van der Waals surface area contributed by atoms with Crippen molar-refractivity contribution in [2.75, 3.05) is 6.61 Å². The predicted octanol–water partition coefficient (Wildman–Crippen LogP) is 3.54. The zero-order valence-electron chi connectivity index (χ0n) is 17.1. The third-order valence-corrected chi connectivity index (χ3v) is 10.2. The number of aliphatic hydroxyl groups is 1. The Morgan fingerprint density at radius 2 is 1.41 bits per heavy atom. The Labute approximate surface area is 164 Å². The maximum Gasteiger partial charge on any atom is 0.262 e. The molecule has 0 aromatic heterocycles. The lowest BCUT2D eigenvalue weighted by molar-refractivity contribution is -0.126. The molecule has 0 spiro atoms. The molecule has 0 aliphatic rings. The first-order chi connectivity index (χ1) is 12.7. The Kier molecular flexibility index (Phi) is 7.15. The van der Waals surface area contributed by atoms with Crippen molar-refractivity contribution >= 4 is 24.5 Å². The van der Waals surface area contributed by atoms with Gasteiger partial charge in [0.05, 0.1) is 0 Å². The van der Waals surface area contributed by atoms with E-state index in [9.17, 15) is 9.90 Å². The van der Waals surface area contributed by atoms with Crippen LogP contribution in [0.2, 0.25) is 5.04 Å². The monoisotopic (exact) mass is 384 g/mol. The minimum absolute atomic E-state index is 0.0116. The number of benzene rings is 2. The van der Waals surface area contributed by atoms with Crippen LogP contribution in [-0.4, -0.2) is 31.9 Å². The van der Waals surface area contributed by atoms with Gasteiger partial charge in [0, 0.05) is 13.0 Å². The number of rotatable bonds is 8. The fourth-order valence-electron chi connectivity index (χ4n) is 3.60. The summed E-state index contributed by atoms with van der Waals surface area (Å²) in [4.78, 5) is 12.8. The van der Waals surface area contributed by atoms with Crippen molar-refractivity contribution in [3.05, 3.63) is 60.7 Å². The molecule has 0 aliphatic carbocycles. The minimum atomic E-state index is -2.72. The molecule has 146 valence electrons. The van der Waals surface area contributed by atoms with E-state index < -0.39 is 14.4 Å². The highest BCUT2D eigenvalue weighted by Gasteiger charge is 2.51. The largest absolute Gasteiger partial charge is 0.398 e. The first-order valence-electron chi connectivity index (χ1n) is 9.64. The highest BCUT2D eigenvalue weighted by molar-refractivity contribution is 6.99. The van der Waals surface area contributed by atoms with Gasteiger partial charge < -0.3 is 9.53 Å². The fourth-order valence-corrected chi connectivity index (χ4v) is 8.27. The van der Waals surface area contributed by atoms with Gasteiger partial charge in [-0.25, -0.2) is 0 Å². The summed E-state index contributed by atoms with van der Waals surface area (Å²) in [7, 11) is -2.72. The Morgan fingerprint density at radius 3 is 1.78 bits per heavy atom. The number of ketones is 1. The standard InChI is InChI=1S/C23H32O3Si/c1-18(17-24)16-22(25)19(2)26-27(23(3,4)5,20-12-8-6-9-13-20)21-14-10-7-11-15-21/h6-15,18-19,24H,16-17H2,1-5H3/t18-,19?/m1/s1. The number of hydrogen-bond acceptors (Lipinski definition) is 3. The maximum atomic E-state index is 12.8. The number of carbonyl (C=O) groups is 1. The summed E-state index contributed by atoms with van der Waals surface area (Å²) in [5, 5.41) is 11.5. The van der Waals surface area contributed by atoms with Crippen LogP contribution in [0.3, 0.4) is 0 Å². The number of carbonyl (C=O) groups excluding carboxylic acids is 1. The van der Waals surface area contributed by atoms with Crippen molar-refractivity contribution in [2.24, 2.45) is 5.92 Å². The van der Waals surface area contributed by atoms with Crippen molar-refractivity contribution in [2.45, 2.75) is 52.2 Å². The average Bonchev–Trinajstić information content (AvgIpc) is 2.66. The van der Waals surface area contributed by atoms with Gasteiger partial charge in [0.2, 0.25) is 0 Å². The van der Waals surface area contributed by atoms with Crippen molar-refractivity contribution < 1.29 is 14.3 Å². The van der Waals surface area contributed by atoms with E-state index in [-0.39, 0.29) is 23.3 Å². The molecule has 3 nitrogen and oxygen atoms in total. The molecule has 2 rings (SSSR count). The van der Waals surface area contributed by atoms with Crippen LogP contribution in [0.5, 0.6) is 0 Å². The molecule has 0 saturated carbocycles. The Bertz CT molecular complexity index is 683. The molecule has 0 fully saturated rings. The lowest BCUT2D eigenvalue weighted by Crippen LogP contribution is -2.68. The summed E-state index contributed by atoms with van der Waals surface area (Å²) < 4.78 is 6.79. The number of hydrogen-bond donors (Lipinski definition) is 1. The molecule has 0 heterocycles.